The Morgan fingerprint density at radius 1 is 1.30 bits per heavy atom. The number of aliphatic hydroxyl groups is 1. The molecule has 0 aliphatic heterocycles. The molecule has 0 bridgehead atoms. The van der Waals surface area contributed by atoms with E-state index in [0.29, 0.717) is 12.0 Å². The van der Waals surface area contributed by atoms with Crippen molar-refractivity contribution >= 4 is 5.69 Å². The number of nitrogens with two attached hydrogens (primary N) is 1. The minimum atomic E-state index is -4.43. The molecule has 1 saturated carbocycles. The normalized spacial score (nSPS) is 23.8. The predicted octanol–water partition coefficient (Wildman–Crippen LogP) is 2.68. The minimum Gasteiger partial charge on any atom is -0.398 e. The van der Waals surface area contributed by atoms with E-state index in [1.54, 1.807) is 6.07 Å². The standard InChI is InChI=1S/C14H19F3N2O/c15-14(16,17)12-6-1-3-9(13(12)18)8-19-10-4-2-5-11(20)7-10/h1,3,6,10-11,19-20H,2,4-5,7-8,18H2/t10-,11+/m0/s1. The minimum absolute atomic E-state index is 0.132. The molecule has 1 aromatic rings. The molecule has 0 aromatic heterocycles. The van der Waals surface area contributed by atoms with Gasteiger partial charge in [0.25, 0.3) is 0 Å². The van der Waals surface area contributed by atoms with Gasteiger partial charge >= 0.3 is 6.18 Å². The highest BCUT2D eigenvalue weighted by Gasteiger charge is 2.33. The van der Waals surface area contributed by atoms with Crippen molar-refractivity contribution in [2.45, 2.75) is 50.6 Å². The monoisotopic (exact) mass is 288 g/mol. The van der Waals surface area contributed by atoms with Crippen LogP contribution in [0.15, 0.2) is 18.2 Å². The molecule has 4 N–H and O–H groups in total. The summed E-state index contributed by atoms with van der Waals surface area (Å²) in [6.07, 6.45) is -1.46. The first-order valence-corrected chi connectivity index (χ1v) is 6.74. The van der Waals surface area contributed by atoms with Gasteiger partial charge in [0.1, 0.15) is 0 Å². The summed E-state index contributed by atoms with van der Waals surface area (Å²) in [7, 11) is 0. The van der Waals surface area contributed by atoms with E-state index < -0.39 is 11.7 Å². The molecular weight excluding hydrogens is 269 g/mol. The highest BCUT2D eigenvalue weighted by Crippen LogP contribution is 2.35. The van der Waals surface area contributed by atoms with Gasteiger partial charge in [0.2, 0.25) is 0 Å². The molecule has 6 heteroatoms. The number of alkyl halides is 3. The van der Waals surface area contributed by atoms with E-state index in [0.717, 1.165) is 25.3 Å². The van der Waals surface area contributed by atoms with Gasteiger partial charge in [-0.25, -0.2) is 0 Å². The number of nitrogens with one attached hydrogen (secondary N) is 1. The smallest absolute Gasteiger partial charge is 0.398 e. The van der Waals surface area contributed by atoms with Crippen LogP contribution < -0.4 is 11.1 Å². The van der Waals surface area contributed by atoms with Crippen LogP contribution in [-0.4, -0.2) is 17.3 Å². The molecule has 1 fully saturated rings. The van der Waals surface area contributed by atoms with Gasteiger partial charge in [0, 0.05) is 18.3 Å². The fourth-order valence-electron chi connectivity index (χ4n) is 2.62. The topological polar surface area (TPSA) is 58.3 Å². The van der Waals surface area contributed by atoms with Gasteiger partial charge in [0.05, 0.1) is 11.7 Å². The lowest BCUT2D eigenvalue weighted by atomic mass is 9.93. The first kappa shape index (κ1) is 15.1. The van der Waals surface area contributed by atoms with Crippen molar-refractivity contribution in [3.8, 4) is 0 Å². The number of halogens is 3. The Morgan fingerprint density at radius 2 is 2.05 bits per heavy atom. The zero-order valence-electron chi connectivity index (χ0n) is 11.1. The van der Waals surface area contributed by atoms with Crippen LogP contribution in [0.1, 0.15) is 36.8 Å². The first-order chi connectivity index (χ1) is 9.38. The maximum Gasteiger partial charge on any atom is 0.418 e. The third-order valence-corrected chi connectivity index (χ3v) is 3.73. The Bertz CT molecular complexity index is 462. The van der Waals surface area contributed by atoms with E-state index in [4.69, 9.17) is 5.73 Å². The van der Waals surface area contributed by atoms with E-state index in [1.807, 2.05) is 0 Å². The van der Waals surface area contributed by atoms with E-state index in [2.05, 4.69) is 5.32 Å². The van der Waals surface area contributed by atoms with E-state index in [1.165, 1.54) is 6.07 Å². The van der Waals surface area contributed by atoms with Gasteiger partial charge in [-0.1, -0.05) is 12.1 Å². The SMILES string of the molecule is Nc1c(CN[C@H]2CCC[C@@H](O)C2)cccc1C(F)(F)F. The van der Waals surface area contributed by atoms with Crippen LogP contribution in [0.3, 0.4) is 0 Å². The van der Waals surface area contributed by atoms with Crippen molar-refractivity contribution in [1.29, 1.82) is 0 Å². The molecule has 2 rings (SSSR count). The molecule has 2 atom stereocenters. The second kappa shape index (κ2) is 6.01. The number of aliphatic hydroxyl groups excluding tert-OH is 1. The molecule has 0 saturated heterocycles. The van der Waals surface area contributed by atoms with Crippen molar-refractivity contribution in [2.24, 2.45) is 0 Å². The Balaban J connectivity index is 2.03. The van der Waals surface area contributed by atoms with Gasteiger partial charge in [-0.05, 0) is 37.3 Å². The van der Waals surface area contributed by atoms with Crippen molar-refractivity contribution in [3.63, 3.8) is 0 Å². The van der Waals surface area contributed by atoms with Crippen molar-refractivity contribution in [1.82, 2.24) is 5.32 Å². The molecule has 1 aliphatic rings. The quantitative estimate of drug-likeness (QED) is 0.749. The summed E-state index contributed by atoms with van der Waals surface area (Å²) < 4.78 is 38.2. The van der Waals surface area contributed by atoms with Gasteiger partial charge in [-0.3, -0.25) is 0 Å². The van der Waals surface area contributed by atoms with Crippen LogP contribution in [-0.2, 0) is 12.7 Å². The Morgan fingerprint density at radius 3 is 2.70 bits per heavy atom. The Hall–Kier alpha value is -1.27. The zero-order chi connectivity index (χ0) is 14.8. The second-order valence-corrected chi connectivity index (χ2v) is 5.27. The zero-order valence-corrected chi connectivity index (χ0v) is 11.1. The van der Waals surface area contributed by atoms with Crippen molar-refractivity contribution in [2.75, 3.05) is 5.73 Å². The van der Waals surface area contributed by atoms with Crippen LogP contribution in [0.4, 0.5) is 18.9 Å². The van der Waals surface area contributed by atoms with Crippen molar-refractivity contribution < 1.29 is 18.3 Å². The fourth-order valence-corrected chi connectivity index (χ4v) is 2.62. The van der Waals surface area contributed by atoms with Gasteiger partial charge in [-0.2, -0.15) is 13.2 Å². The molecule has 0 heterocycles. The van der Waals surface area contributed by atoms with E-state index in [9.17, 15) is 18.3 Å². The Kier molecular flexibility index (Phi) is 4.55. The molecule has 0 radical (unpaired) electrons. The third kappa shape index (κ3) is 3.64. The summed E-state index contributed by atoms with van der Waals surface area (Å²) in [6.45, 7) is 0.285. The molecule has 0 unspecified atom stereocenters. The molecule has 0 spiro atoms. The average Bonchev–Trinajstić information content (AvgIpc) is 2.36. The summed E-state index contributed by atoms with van der Waals surface area (Å²) >= 11 is 0. The Labute approximate surface area is 116 Å². The number of nitrogen functional groups attached to an aromatic ring is 1. The fraction of sp³-hybridized carbons (Fsp3) is 0.571. The largest absolute Gasteiger partial charge is 0.418 e. The van der Waals surface area contributed by atoms with Crippen LogP contribution in [0.5, 0.6) is 0 Å². The highest BCUT2D eigenvalue weighted by molar-refractivity contribution is 5.55. The van der Waals surface area contributed by atoms with E-state index >= 15 is 0 Å². The predicted molar refractivity (Wildman–Crippen MR) is 71.0 cm³/mol. The molecule has 20 heavy (non-hydrogen) atoms. The maximum absolute atomic E-state index is 12.7. The van der Waals surface area contributed by atoms with Gasteiger partial charge < -0.3 is 16.2 Å². The lowest BCUT2D eigenvalue weighted by Gasteiger charge is -2.27. The maximum atomic E-state index is 12.7. The lowest BCUT2D eigenvalue weighted by Crippen LogP contribution is -2.35. The molecule has 3 nitrogen and oxygen atoms in total. The molecule has 1 aromatic carbocycles. The highest BCUT2D eigenvalue weighted by atomic mass is 19.4. The van der Waals surface area contributed by atoms with Gasteiger partial charge in [-0.15, -0.1) is 0 Å². The number of para-hydroxylation sites is 1. The number of hydrogen-bond donors (Lipinski definition) is 3. The summed E-state index contributed by atoms with van der Waals surface area (Å²) in [6, 6.07) is 4.08. The van der Waals surface area contributed by atoms with Crippen LogP contribution >= 0.6 is 0 Å². The van der Waals surface area contributed by atoms with Crippen LogP contribution in [0.2, 0.25) is 0 Å². The number of rotatable bonds is 3. The third-order valence-electron chi connectivity index (χ3n) is 3.73. The number of anilines is 1. The van der Waals surface area contributed by atoms with Crippen LogP contribution in [0.25, 0.3) is 0 Å². The average molecular weight is 288 g/mol. The first-order valence-electron chi connectivity index (χ1n) is 6.74. The molecule has 1 aliphatic carbocycles. The van der Waals surface area contributed by atoms with Crippen LogP contribution in [0, 0.1) is 0 Å². The van der Waals surface area contributed by atoms with Gasteiger partial charge in [0.15, 0.2) is 0 Å². The summed E-state index contributed by atoms with van der Waals surface area (Å²) in [5.41, 5.74) is 5.04. The summed E-state index contributed by atoms with van der Waals surface area (Å²) in [5.74, 6) is 0. The number of hydrogen-bond acceptors (Lipinski definition) is 3. The lowest BCUT2D eigenvalue weighted by molar-refractivity contribution is -0.136. The summed E-state index contributed by atoms with van der Waals surface area (Å²) in [5, 5.41) is 12.7. The molecule has 112 valence electrons. The summed E-state index contributed by atoms with van der Waals surface area (Å²) in [4.78, 5) is 0. The second-order valence-electron chi connectivity index (χ2n) is 5.27. The molecular formula is C14H19F3N2O. The van der Waals surface area contributed by atoms with Crippen molar-refractivity contribution in [3.05, 3.63) is 29.3 Å². The number of benzene rings is 1. The molecule has 0 amide bonds. The van der Waals surface area contributed by atoms with E-state index in [-0.39, 0.29) is 24.4 Å².